The zero-order valence-corrected chi connectivity index (χ0v) is 14.7. The number of amides is 3. The Labute approximate surface area is 152 Å². The quantitative estimate of drug-likeness (QED) is 0.762. The standard InChI is InChI=1S/C14H15NO3.C5H10N2O/c16-13(11-7-4-8-12(11)14(17)18)15-9-10-5-2-1-3-6-10;6-5(8)7-3-1-2-4-7/h1-3,5-7,12H,4,8-9H2,(H,15,16)(H,17,18);1-4H2,(H2,6,8). The molecule has 140 valence electrons. The zero-order valence-electron chi connectivity index (χ0n) is 14.7. The van der Waals surface area contributed by atoms with Crippen LogP contribution in [0.25, 0.3) is 0 Å². The second-order valence-electron chi connectivity index (χ2n) is 6.33. The molecule has 0 radical (unpaired) electrons. The number of carbonyl (C=O) groups excluding carboxylic acids is 2. The minimum atomic E-state index is -0.923. The Morgan fingerprint density at radius 3 is 2.35 bits per heavy atom. The molecule has 1 aliphatic carbocycles. The second kappa shape index (κ2) is 9.60. The lowest BCUT2D eigenvalue weighted by molar-refractivity contribution is -0.141. The van der Waals surface area contributed by atoms with Gasteiger partial charge in [0, 0.05) is 25.2 Å². The van der Waals surface area contributed by atoms with Crippen molar-refractivity contribution in [3.63, 3.8) is 0 Å². The van der Waals surface area contributed by atoms with E-state index in [1.54, 1.807) is 11.0 Å². The van der Waals surface area contributed by atoms with Gasteiger partial charge in [0.25, 0.3) is 0 Å². The maximum absolute atomic E-state index is 11.9. The summed E-state index contributed by atoms with van der Waals surface area (Å²) in [7, 11) is 0. The van der Waals surface area contributed by atoms with Crippen molar-refractivity contribution >= 4 is 17.9 Å². The highest BCUT2D eigenvalue weighted by molar-refractivity contribution is 5.99. The smallest absolute Gasteiger partial charge is 0.314 e. The SMILES string of the molecule is NC(=O)N1CCCC1.O=C(NCc1ccccc1)C1=CCCC1C(=O)O. The fourth-order valence-corrected chi connectivity index (χ4v) is 3.03. The first-order valence-corrected chi connectivity index (χ1v) is 8.78. The summed E-state index contributed by atoms with van der Waals surface area (Å²) in [6.45, 7) is 2.13. The third-order valence-corrected chi connectivity index (χ3v) is 4.47. The fraction of sp³-hybridized carbons (Fsp3) is 0.421. The molecule has 1 aromatic carbocycles. The minimum absolute atomic E-state index is 0.274. The molecule has 1 unspecified atom stereocenters. The van der Waals surface area contributed by atoms with Crippen LogP contribution in [0, 0.1) is 5.92 Å². The molecule has 2 aliphatic rings. The summed E-state index contributed by atoms with van der Waals surface area (Å²) >= 11 is 0. The van der Waals surface area contributed by atoms with E-state index in [-0.39, 0.29) is 11.9 Å². The van der Waals surface area contributed by atoms with E-state index in [0.717, 1.165) is 31.5 Å². The number of hydrogen-bond donors (Lipinski definition) is 3. The number of nitrogens with two attached hydrogens (primary N) is 1. The fourth-order valence-electron chi connectivity index (χ4n) is 3.03. The number of hydrogen-bond acceptors (Lipinski definition) is 3. The van der Waals surface area contributed by atoms with Gasteiger partial charge in [0.1, 0.15) is 0 Å². The molecule has 7 nitrogen and oxygen atoms in total. The first-order valence-electron chi connectivity index (χ1n) is 8.78. The van der Waals surface area contributed by atoms with E-state index in [1.165, 1.54) is 0 Å². The largest absolute Gasteiger partial charge is 0.481 e. The molecule has 0 spiro atoms. The van der Waals surface area contributed by atoms with Crippen LogP contribution in [0.1, 0.15) is 31.2 Å². The molecular weight excluding hydrogens is 334 g/mol. The normalized spacial score (nSPS) is 18.5. The summed E-state index contributed by atoms with van der Waals surface area (Å²) in [6, 6.07) is 9.26. The molecule has 7 heteroatoms. The van der Waals surface area contributed by atoms with E-state index >= 15 is 0 Å². The average molecular weight is 359 g/mol. The van der Waals surface area contributed by atoms with Crippen LogP contribution in [-0.2, 0) is 16.1 Å². The van der Waals surface area contributed by atoms with E-state index < -0.39 is 11.9 Å². The Kier molecular flexibility index (Phi) is 7.20. The highest BCUT2D eigenvalue weighted by atomic mass is 16.4. The lowest BCUT2D eigenvalue weighted by Crippen LogP contribution is -2.32. The van der Waals surface area contributed by atoms with Crippen LogP contribution in [0.5, 0.6) is 0 Å². The first kappa shape index (κ1) is 19.5. The van der Waals surface area contributed by atoms with Gasteiger partial charge >= 0.3 is 12.0 Å². The average Bonchev–Trinajstić information content (AvgIpc) is 3.32. The summed E-state index contributed by atoms with van der Waals surface area (Å²) in [6.07, 6.45) is 5.12. The van der Waals surface area contributed by atoms with Gasteiger partial charge in [-0.1, -0.05) is 36.4 Å². The highest BCUT2D eigenvalue weighted by Gasteiger charge is 2.30. The van der Waals surface area contributed by atoms with Gasteiger partial charge < -0.3 is 21.1 Å². The maximum Gasteiger partial charge on any atom is 0.314 e. The predicted molar refractivity (Wildman–Crippen MR) is 97.1 cm³/mol. The number of aliphatic carboxylic acids is 1. The molecule has 0 saturated carbocycles. The number of carbonyl (C=O) groups is 3. The lowest BCUT2D eigenvalue weighted by atomic mass is 10.0. The molecule has 0 bridgehead atoms. The van der Waals surface area contributed by atoms with E-state index in [9.17, 15) is 14.4 Å². The van der Waals surface area contributed by atoms with Crippen LogP contribution in [0.3, 0.4) is 0 Å². The summed E-state index contributed by atoms with van der Waals surface area (Å²) < 4.78 is 0. The Balaban J connectivity index is 0.000000254. The van der Waals surface area contributed by atoms with Gasteiger partial charge in [-0.05, 0) is 31.2 Å². The Hall–Kier alpha value is -2.83. The molecule has 4 N–H and O–H groups in total. The number of nitrogens with one attached hydrogen (secondary N) is 1. The van der Waals surface area contributed by atoms with Gasteiger partial charge in [-0.2, -0.15) is 0 Å². The van der Waals surface area contributed by atoms with Crippen molar-refractivity contribution in [2.45, 2.75) is 32.2 Å². The van der Waals surface area contributed by atoms with E-state index in [2.05, 4.69) is 5.32 Å². The van der Waals surface area contributed by atoms with Crippen LogP contribution in [0.15, 0.2) is 42.0 Å². The third kappa shape index (κ3) is 5.61. The Bertz CT molecular complexity index is 667. The number of rotatable bonds is 4. The molecule has 1 aliphatic heterocycles. The third-order valence-electron chi connectivity index (χ3n) is 4.47. The van der Waals surface area contributed by atoms with E-state index in [1.807, 2.05) is 30.3 Å². The molecule has 1 fully saturated rings. The molecule has 1 aromatic rings. The minimum Gasteiger partial charge on any atom is -0.481 e. The number of carboxylic acids is 1. The number of nitrogens with zero attached hydrogens (tertiary/aromatic N) is 1. The van der Waals surface area contributed by atoms with Crippen LogP contribution in [0.2, 0.25) is 0 Å². The zero-order chi connectivity index (χ0) is 18.9. The first-order chi connectivity index (χ1) is 12.5. The topological polar surface area (TPSA) is 113 Å². The van der Waals surface area contributed by atoms with Crippen LogP contribution < -0.4 is 11.1 Å². The molecule has 26 heavy (non-hydrogen) atoms. The van der Waals surface area contributed by atoms with Crippen molar-refractivity contribution in [2.24, 2.45) is 11.7 Å². The van der Waals surface area contributed by atoms with E-state index in [0.29, 0.717) is 25.0 Å². The number of benzene rings is 1. The van der Waals surface area contributed by atoms with Crippen molar-refractivity contribution in [2.75, 3.05) is 13.1 Å². The van der Waals surface area contributed by atoms with Crippen LogP contribution >= 0.6 is 0 Å². The molecule has 1 saturated heterocycles. The maximum atomic E-state index is 11.9. The summed E-state index contributed by atoms with van der Waals surface area (Å²) in [5.74, 6) is -1.85. The molecular formula is C19H25N3O4. The van der Waals surface area contributed by atoms with Crippen LogP contribution in [0.4, 0.5) is 4.79 Å². The van der Waals surface area contributed by atoms with Crippen LogP contribution in [-0.4, -0.2) is 41.0 Å². The monoisotopic (exact) mass is 359 g/mol. The van der Waals surface area contributed by atoms with Crippen molar-refractivity contribution in [1.29, 1.82) is 0 Å². The van der Waals surface area contributed by atoms with E-state index in [4.69, 9.17) is 10.8 Å². The van der Waals surface area contributed by atoms with Gasteiger partial charge in [0.15, 0.2) is 0 Å². The van der Waals surface area contributed by atoms with Crippen molar-refractivity contribution in [3.8, 4) is 0 Å². The molecule has 3 amide bonds. The van der Waals surface area contributed by atoms with Crippen molar-refractivity contribution < 1.29 is 19.5 Å². The lowest BCUT2D eigenvalue weighted by Gasteiger charge is -2.10. The van der Waals surface area contributed by atoms with Gasteiger partial charge in [-0.3, -0.25) is 9.59 Å². The number of likely N-dealkylation sites (tertiary alicyclic amines) is 1. The molecule has 1 heterocycles. The van der Waals surface area contributed by atoms with Gasteiger partial charge in [-0.15, -0.1) is 0 Å². The van der Waals surface area contributed by atoms with Crippen molar-refractivity contribution in [1.82, 2.24) is 10.2 Å². The van der Waals surface area contributed by atoms with Gasteiger partial charge in [0.2, 0.25) is 5.91 Å². The number of carboxylic acid groups (broad SMARTS) is 1. The molecule has 1 atom stereocenters. The van der Waals surface area contributed by atoms with Gasteiger partial charge in [0.05, 0.1) is 5.92 Å². The second-order valence-corrected chi connectivity index (χ2v) is 6.33. The number of primary amides is 1. The number of urea groups is 1. The Morgan fingerprint density at radius 1 is 1.15 bits per heavy atom. The summed E-state index contributed by atoms with van der Waals surface area (Å²) in [5, 5.41) is 11.8. The Morgan fingerprint density at radius 2 is 1.81 bits per heavy atom. The highest BCUT2D eigenvalue weighted by Crippen LogP contribution is 2.26. The summed E-state index contributed by atoms with van der Waals surface area (Å²) in [4.78, 5) is 34.9. The molecule has 3 rings (SSSR count). The summed E-state index contributed by atoms with van der Waals surface area (Å²) in [5.41, 5.74) is 6.37. The number of allylic oxidation sites excluding steroid dienone is 1. The predicted octanol–water partition coefficient (Wildman–Crippen LogP) is 1.88. The molecule has 0 aromatic heterocycles. The van der Waals surface area contributed by atoms with Gasteiger partial charge in [-0.25, -0.2) is 4.79 Å². The van der Waals surface area contributed by atoms with Crippen molar-refractivity contribution in [3.05, 3.63) is 47.5 Å².